The molecule has 154 valence electrons. The fraction of sp³-hybridized carbons (Fsp3) is 0.476. The Hall–Kier alpha value is -2.45. The highest BCUT2D eigenvalue weighted by Gasteiger charge is 2.28. The SMILES string of the molecule is COc1cc(C)c(CN2CCCC(c3nnsc3-c3cc(C)no3)C2)cc1OC. The molecule has 0 amide bonds. The summed E-state index contributed by atoms with van der Waals surface area (Å²) in [4.78, 5) is 3.48. The molecule has 7 nitrogen and oxygen atoms in total. The predicted octanol–water partition coefficient (Wildman–Crippen LogP) is 4.21. The number of ether oxygens (including phenoxy) is 2. The standard InChI is InChI=1S/C21H26N4O3S/c1-13-8-17(26-3)18(27-4)10-16(13)12-25-7-5-6-15(11-25)20-21(29-24-22-20)19-9-14(2)23-28-19/h8-10,15H,5-7,11-12H2,1-4H3. The lowest BCUT2D eigenvalue weighted by atomic mass is 9.93. The molecule has 0 radical (unpaired) electrons. The molecular weight excluding hydrogens is 388 g/mol. The molecule has 0 bridgehead atoms. The van der Waals surface area contributed by atoms with Crippen molar-refractivity contribution in [3.8, 4) is 22.1 Å². The fourth-order valence-electron chi connectivity index (χ4n) is 3.96. The molecule has 1 aliphatic rings. The van der Waals surface area contributed by atoms with Crippen LogP contribution in [0, 0.1) is 13.8 Å². The summed E-state index contributed by atoms with van der Waals surface area (Å²) in [7, 11) is 3.34. The van der Waals surface area contributed by atoms with Crippen molar-refractivity contribution in [2.45, 2.75) is 39.2 Å². The Labute approximate surface area is 174 Å². The van der Waals surface area contributed by atoms with Crippen molar-refractivity contribution in [3.63, 3.8) is 0 Å². The molecule has 4 rings (SSSR count). The third kappa shape index (κ3) is 4.13. The van der Waals surface area contributed by atoms with Gasteiger partial charge in [-0.2, -0.15) is 0 Å². The second-order valence-electron chi connectivity index (χ2n) is 7.53. The van der Waals surface area contributed by atoms with Gasteiger partial charge in [0.25, 0.3) is 0 Å². The van der Waals surface area contributed by atoms with Gasteiger partial charge >= 0.3 is 0 Å². The summed E-state index contributed by atoms with van der Waals surface area (Å²) < 4.78 is 20.6. The van der Waals surface area contributed by atoms with Crippen LogP contribution in [0.15, 0.2) is 22.7 Å². The molecule has 0 saturated carbocycles. The summed E-state index contributed by atoms with van der Waals surface area (Å²) in [5.74, 6) is 2.64. The van der Waals surface area contributed by atoms with Crippen molar-refractivity contribution in [1.29, 1.82) is 0 Å². The number of hydrogen-bond acceptors (Lipinski definition) is 8. The van der Waals surface area contributed by atoms with Gasteiger partial charge in [0.1, 0.15) is 4.88 Å². The Bertz CT molecular complexity index is 984. The summed E-state index contributed by atoms with van der Waals surface area (Å²) >= 11 is 1.38. The van der Waals surface area contributed by atoms with E-state index in [0.29, 0.717) is 5.92 Å². The van der Waals surface area contributed by atoms with Gasteiger partial charge in [-0.05, 0) is 68.0 Å². The quantitative estimate of drug-likeness (QED) is 0.598. The Morgan fingerprint density at radius 3 is 2.69 bits per heavy atom. The highest BCUT2D eigenvalue weighted by atomic mass is 32.1. The maximum atomic E-state index is 5.49. The van der Waals surface area contributed by atoms with Crippen LogP contribution in [0.4, 0.5) is 0 Å². The van der Waals surface area contributed by atoms with E-state index in [1.165, 1.54) is 22.7 Å². The van der Waals surface area contributed by atoms with Gasteiger partial charge in [-0.1, -0.05) is 9.64 Å². The number of methoxy groups -OCH3 is 2. The van der Waals surface area contributed by atoms with Gasteiger partial charge in [-0.3, -0.25) is 4.90 Å². The Kier molecular flexibility index (Phi) is 5.82. The predicted molar refractivity (Wildman–Crippen MR) is 112 cm³/mol. The van der Waals surface area contributed by atoms with Crippen molar-refractivity contribution in [2.24, 2.45) is 0 Å². The van der Waals surface area contributed by atoms with Crippen molar-refractivity contribution >= 4 is 11.5 Å². The molecule has 1 saturated heterocycles. The highest BCUT2D eigenvalue weighted by molar-refractivity contribution is 7.09. The molecule has 1 fully saturated rings. The first-order valence-electron chi connectivity index (χ1n) is 9.78. The Balaban J connectivity index is 1.52. The fourth-order valence-corrected chi connectivity index (χ4v) is 4.66. The van der Waals surface area contributed by atoms with Crippen LogP contribution < -0.4 is 9.47 Å². The van der Waals surface area contributed by atoms with E-state index >= 15 is 0 Å². The zero-order chi connectivity index (χ0) is 20.4. The number of aromatic nitrogens is 3. The second-order valence-corrected chi connectivity index (χ2v) is 8.28. The molecule has 8 heteroatoms. The molecule has 3 heterocycles. The minimum absolute atomic E-state index is 0.336. The first-order chi connectivity index (χ1) is 14.1. The number of rotatable bonds is 6. The van der Waals surface area contributed by atoms with Crippen LogP contribution in [0.1, 0.15) is 41.3 Å². The maximum absolute atomic E-state index is 5.49. The van der Waals surface area contributed by atoms with Gasteiger partial charge in [-0.25, -0.2) is 0 Å². The van der Waals surface area contributed by atoms with Crippen LogP contribution >= 0.6 is 11.5 Å². The second kappa shape index (κ2) is 8.51. The van der Waals surface area contributed by atoms with Gasteiger partial charge in [-0.15, -0.1) is 5.10 Å². The largest absolute Gasteiger partial charge is 0.493 e. The molecule has 0 spiro atoms. The normalized spacial score (nSPS) is 17.4. The van der Waals surface area contributed by atoms with Crippen LogP contribution in [0.25, 0.3) is 10.6 Å². The number of benzene rings is 1. The molecule has 1 aromatic carbocycles. The zero-order valence-corrected chi connectivity index (χ0v) is 18.1. The van der Waals surface area contributed by atoms with Gasteiger partial charge in [0.15, 0.2) is 17.3 Å². The molecule has 0 N–H and O–H groups in total. The van der Waals surface area contributed by atoms with E-state index in [1.54, 1.807) is 14.2 Å². The number of nitrogens with zero attached hydrogens (tertiary/aromatic N) is 4. The average molecular weight is 415 g/mol. The van der Waals surface area contributed by atoms with Crippen molar-refractivity contribution in [1.82, 2.24) is 19.6 Å². The summed E-state index contributed by atoms with van der Waals surface area (Å²) in [6.07, 6.45) is 2.23. The van der Waals surface area contributed by atoms with Crippen molar-refractivity contribution in [3.05, 3.63) is 40.7 Å². The zero-order valence-electron chi connectivity index (χ0n) is 17.3. The molecule has 1 atom stereocenters. The van der Waals surface area contributed by atoms with Crippen LogP contribution in [-0.4, -0.2) is 47.0 Å². The third-order valence-corrected chi connectivity index (χ3v) is 6.25. The molecule has 3 aromatic rings. The van der Waals surface area contributed by atoms with E-state index in [-0.39, 0.29) is 0 Å². The molecule has 1 aliphatic heterocycles. The van der Waals surface area contributed by atoms with Crippen LogP contribution in [0.3, 0.4) is 0 Å². The van der Waals surface area contributed by atoms with E-state index in [0.717, 1.165) is 66.0 Å². The van der Waals surface area contributed by atoms with Gasteiger partial charge < -0.3 is 14.0 Å². The molecular formula is C21H26N4O3S. The smallest absolute Gasteiger partial charge is 0.180 e. The van der Waals surface area contributed by atoms with Gasteiger partial charge in [0, 0.05) is 25.1 Å². The number of hydrogen-bond donors (Lipinski definition) is 0. The monoisotopic (exact) mass is 414 g/mol. The van der Waals surface area contributed by atoms with E-state index in [4.69, 9.17) is 14.0 Å². The lowest BCUT2D eigenvalue weighted by Crippen LogP contribution is -2.34. The van der Waals surface area contributed by atoms with E-state index in [2.05, 4.69) is 32.6 Å². The number of likely N-dealkylation sites (tertiary alicyclic amines) is 1. The van der Waals surface area contributed by atoms with Gasteiger partial charge in [0.2, 0.25) is 0 Å². The van der Waals surface area contributed by atoms with E-state index in [1.807, 2.05) is 19.1 Å². The highest BCUT2D eigenvalue weighted by Crippen LogP contribution is 2.36. The molecule has 29 heavy (non-hydrogen) atoms. The Morgan fingerprint density at radius 2 is 1.97 bits per heavy atom. The molecule has 1 unspecified atom stereocenters. The lowest BCUT2D eigenvalue weighted by Gasteiger charge is -2.32. The number of piperidine rings is 1. The van der Waals surface area contributed by atoms with Crippen molar-refractivity contribution in [2.75, 3.05) is 27.3 Å². The summed E-state index contributed by atoms with van der Waals surface area (Å²) in [5, 5.41) is 8.47. The summed E-state index contributed by atoms with van der Waals surface area (Å²) in [6, 6.07) is 6.08. The first kappa shape index (κ1) is 19.8. The van der Waals surface area contributed by atoms with E-state index < -0.39 is 0 Å². The molecule has 0 aliphatic carbocycles. The maximum Gasteiger partial charge on any atom is 0.180 e. The minimum atomic E-state index is 0.336. The third-order valence-electron chi connectivity index (χ3n) is 5.49. The van der Waals surface area contributed by atoms with Crippen molar-refractivity contribution < 1.29 is 14.0 Å². The topological polar surface area (TPSA) is 73.5 Å². The van der Waals surface area contributed by atoms with Gasteiger partial charge in [0.05, 0.1) is 25.6 Å². The minimum Gasteiger partial charge on any atom is -0.493 e. The molecule has 2 aromatic heterocycles. The van der Waals surface area contributed by atoms with Crippen LogP contribution in [-0.2, 0) is 6.54 Å². The summed E-state index contributed by atoms with van der Waals surface area (Å²) in [5.41, 5.74) is 4.36. The lowest BCUT2D eigenvalue weighted by molar-refractivity contribution is 0.198. The summed E-state index contributed by atoms with van der Waals surface area (Å²) in [6.45, 7) is 6.93. The first-order valence-corrected chi connectivity index (χ1v) is 10.6. The van der Waals surface area contributed by atoms with Crippen LogP contribution in [0.5, 0.6) is 11.5 Å². The van der Waals surface area contributed by atoms with E-state index in [9.17, 15) is 0 Å². The number of aryl methyl sites for hydroxylation is 2. The van der Waals surface area contributed by atoms with Crippen LogP contribution in [0.2, 0.25) is 0 Å². The Morgan fingerprint density at radius 1 is 1.17 bits per heavy atom. The average Bonchev–Trinajstić information content (AvgIpc) is 3.38.